The van der Waals surface area contributed by atoms with Gasteiger partial charge in [0.2, 0.25) is 0 Å². The summed E-state index contributed by atoms with van der Waals surface area (Å²) in [5.74, 6) is 0.357. The number of phenolic OH excluding ortho intramolecular Hbond substituents is 1. The number of carbonyl (C=O) groups excluding carboxylic acids is 1. The van der Waals surface area contributed by atoms with Crippen molar-refractivity contribution in [2.24, 2.45) is 0 Å². The minimum Gasteiger partial charge on any atom is -0.507 e. The Morgan fingerprint density at radius 1 is 1.50 bits per heavy atom. The maximum Gasteiger partial charge on any atom is 0.326 e. The Balaban J connectivity index is 2.22. The molecular weight excluding hydrogens is 282 g/mol. The molecule has 20 heavy (non-hydrogen) atoms. The van der Waals surface area contributed by atoms with Gasteiger partial charge in [-0.25, -0.2) is 0 Å². The van der Waals surface area contributed by atoms with Gasteiger partial charge in [0, 0.05) is 17.7 Å². The van der Waals surface area contributed by atoms with E-state index < -0.39 is 5.54 Å². The van der Waals surface area contributed by atoms with E-state index in [0.717, 1.165) is 18.4 Å². The second-order valence-electron chi connectivity index (χ2n) is 4.94. The summed E-state index contributed by atoms with van der Waals surface area (Å²) in [7, 11) is 2.90. The lowest BCUT2D eigenvalue weighted by Gasteiger charge is -2.18. The minimum absolute atomic E-state index is 0.0877. The van der Waals surface area contributed by atoms with E-state index in [-0.39, 0.29) is 11.7 Å². The average Bonchev–Trinajstić information content (AvgIpc) is 3.21. The van der Waals surface area contributed by atoms with Crippen LogP contribution in [0.2, 0.25) is 5.02 Å². The summed E-state index contributed by atoms with van der Waals surface area (Å²) in [6.45, 7) is 2.12. The summed E-state index contributed by atoms with van der Waals surface area (Å²) in [5, 5.41) is 13.3. The summed E-state index contributed by atoms with van der Waals surface area (Å²) in [6.07, 6.45) is 1.49. The summed E-state index contributed by atoms with van der Waals surface area (Å²) < 4.78 is 10.1. The number of nitrogens with one attached hydrogen (secondary N) is 1. The standard InChI is InChI=1S/C14H18ClNO4/c1-8-11(17)6-10(15)9(12(8)19-2)7-16-14(4-5-14)13(18)20-3/h6,16-17H,4-5,7H2,1-3H3. The molecule has 0 aliphatic heterocycles. The largest absolute Gasteiger partial charge is 0.507 e. The van der Waals surface area contributed by atoms with Crippen molar-refractivity contribution in [1.82, 2.24) is 5.32 Å². The second-order valence-corrected chi connectivity index (χ2v) is 5.35. The van der Waals surface area contributed by atoms with Crippen LogP contribution in [-0.2, 0) is 16.1 Å². The fraction of sp³-hybridized carbons (Fsp3) is 0.500. The average molecular weight is 300 g/mol. The molecule has 5 nitrogen and oxygen atoms in total. The van der Waals surface area contributed by atoms with Crippen LogP contribution < -0.4 is 10.1 Å². The molecule has 1 aliphatic carbocycles. The third-order valence-electron chi connectivity index (χ3n) is 3.68. The lowest BCUT2D eigenvalue weighted by Crippen LogP contribution is -2.39. The maximum absolute atomic E-state index is 11.7. The number of aromatic hydroxyl groups is 1. The van der Waals surface area contributed by atoms with Crippen LogP contribution in [0.25, 0.3) is 0 Å². The Morgan fingerprint density at radius 3 is 2.65 bits per heavy atom. The molecule has 0 aromatic heterocycles. The van der Waals surface area contributed by atoms with Gasteiger partial charge in [0.05, 0.1) is 19.2 Å². The molecule has 6 heteroatoms. The first-order valence-corrected chi connectivity index (χ1v) is 6.71. The molecule has 0 atom stereocenters. The molecule has 1 aromatic carbocycles. The Kier molecular flexibility index (Phi) is 4.11. The number of hydrogen-bond donors (Lipinski definition) is 2. The molecule has 0 amide bonds. The molecule has 0 unspecified atom stereocenters. The molecule has 2 rings (SSSR count). The van der Waals surface area contributed by atoms with Crippen LogP contribution in [0.4, 0.5) is 0 Å². The van der Waals surface area contributed by atoms with Gasteiger partial charge in [0.25, 0.3) is 0 Å². The number of benzene rings is 1. The van der Waals surface area contributed by atoms with Gasteiger partial charge in [-0.2, -0.15) is 0 Å². The molecule has 0 radical (unpaired) electrons. The Labute approximate surface area is 122 Å². The predicted octanol–water partition coefficient (Wildman–Crippen LogP) is 2.16. The predicted molar refractivity (Wildman–Crippen MR) is 75.2 cm³/mol. The van der Waals surface area contributed by atoms with Gasteiger partial charge in [-0.1, -0.05) is 11.6 Å². The molecule has 1 saturated carbocycles. The summed E-state index contributed by atoms with van der Waals surface area (Å²) in [6, 6.07) is 1.48. The Bertz CT molecular complexity index is 540. The van der Waals surface area contributed by atoms with Crippen LogP contribution in [0.3, 0.4) is 0 Å². The zero-order chi connectivity index (χ0) is 14.9. The van der Waals surface area contributed by atoms with Crippen molar-refractivity contribution in [2.45, 2.75) is 31.8 Å². The number of rotatable bonds is 5. The smallest absolute Gasteiger partial charge is 0.326 e. The highest BCUT2D eigenvalue weighted by Gasteiger charge is 2.50. The number of halogens is 1. The van der Waals surface area contributed by atoms with Gasteiger partial charge < -0.3 is 14.6 Å². The molecule has 1 fully saturated rings. The fourth-order valence-corrected chi connectivity index (χ4v) is 2.49. The quantitative estimate of drug-likeness (QED) is 0.816. The molecule has 1 aliphatic rings. The van der Waals surface area contributed by atoms with E-state index in [1.54, 1.807) is 6.92 Å². The first kappa shape index (κ1) is 14.9. The van der Waals surface area contributed by atoms with Crippen molar-refractivity contribution >= 4 is 17.6 Å². The van der Waals surface area contributed by atoms with Crippen molar-refractivity contribution < 1.29 is 19.4 Å². The molecule has 0 heterocycles. The van der Waals surface area contributed by atoms with E-state index >= 15 is 0 Å². The van der Waals surface area contributed by atoms with E-state index in [0.29, 0.717) is 22.9 Å². The number of carbonyl (C=O) groups is 1. The minimum atomic E-state index is -0.602. The summed E-state index contributed by atoms with van der Waals surface area (Å²) in [4.78, 5) is 11.7. The number of methoxy groups -OCH3 is 2. The first-order valence-electron chi connectivity index (χ1n) is 6.33. The van der Waals surface area contributed by atoms with E-state index in [2.05, 4.69) is 5.32 Å². The zero-order valence-corrected chi connectivity index (χ0v) is 12.5. The first-order chi connectivity index (χ1) is 9.45. The molecule has 0 spiro atoms. The van der Waals surface area contributed by atoms with Crippen LogP contribution in [0.5, 0.6) is 11.5 Å². The number of hydrogen-bond acceptors (Lipinski definition) is 5. The number of esters is 1. The van der Waals surface area contributed by atoms with Crippen LogP contribution in [-0.4, -0.2) is 30.8 Å². The molecule has 2 N–H and O–H groups in total. The van der Waals surface area contributed by atoms with E-state index in [4.69, 9.17) is 21.1 Å². The van der Waals surface area contributed by atoms with Crippen molar-refractivity contribution in [1.29, 1.82) is 0 Å². The monoisotopic (exact) mass is 299 g/mol. The number of phenols is 1. The Hall–Kier alpha value is -1.46. The highest BCUT2D eigenvalue weighted by atomic mass is 35.5. The molecule has 0 bridgehead atoms. The van der Waals surface area contributed by atoms with Crippen molar-refractivity contribution in [2.75, 3.05) is 14.2 Å². The van der Waals surface area contributed by atoms with Gasteiger partial charge in [0.1, 0.15) is 17.0 Å². The molecule has 1 aromatic rings. The van der Waals surface area contributed by atoms with Crippen molar-refractivity contribution in [3.63, 3.8) is 0 Å². The zero-order valence-electron chi connectivity index (χ0n) is 11.7. The van der Waals surface area contributed by atoms with Crippen molar-refractivity contribution in [3.05, 3.63) is 22.2 Å². The van der Waals surface area contributed by atoms with Gasteiger partial charge >= 0.3 is 5.97 Å². The lowest BCUT2D eigenvalue weighted by molar-refractivity contribution is -0.144. The SMILES string of the molecule is COC(=O)C1(NCc2c(Cl)cc(O)c(C)c2OC)CC1. The normalized spacial score (nSPS) is 15.8. The highest BCUT2D eigenvalue weighted by molar-refractivity contribution is 6.31. The maximum atomic E-state index is 11.7. The van der Waals surface area contributed by atoms with E-state index in [1.165, 1.54) is 20.3 Å². The molecule has 0 saturated heterocycles. The lowest BCUT2D eigenvalue weighted by atomic mass is 10.1. The molecular formula is C14H18ClNO4. The van der Waals surface area contributed by atoms with Gasteiger partial charge in [0.15, 0.2) is 0 Å². The van der Waals surface area contributed by atoms with E-state index in [9.17, 15) is 9.90 Å². The summed E-state index contributed by atoms with van der Waals surface area (Å²) in [5.41, 5.74) is 0.741. The van der Waals surface area contributed by atoms with Gasteiger partial charge in [-0.15, -0.1) is 0 Å². The topological polar surface area (TPSA) is 67.8 Å². The van der Waals surface area contributed by atoms with Crippen LogP contribution >= 0.6 is 11.6 Å². The van der Waals surface area contributed by atoms with Gasteiger partial charge in [-0.3, -0.25) is 10.1 Å². The third-order valence-corrected chi connectivity index (χ3v) is 4.02. The van der Waals surface area contributed by atoms with Gasteiger partial charge in [-0.05, 0) is 25.8 Å². The van der Waals surface area contributed by atoms with E-state index in [1.807, 2.05) is 0 Å². The second kappa shape index (κ2) is 5.50. The van der Waals surface area contributed by atoms with Crippen LogP contribution in [0, 0.1) is 6.92 Å². The number of ether oxygens (including phenoxy) is 2. The fourth-order valence-electron chi connectivity index (χ4n) is 2.24. The van der Waals surface area contributed by atoms with Crippen LogP contribution in [0.1, 0.15) is 24.0 Å². The third kappa shape index (κ3) is 2.55. The van der Waals surface area contributed by atoms with Crippen molar-refractivity contribution in [3.8, 4) is 11.5 Å². The highest BCUT2D eigenvalue weighted by Crippen LogP contribution is 2.40. The molecule has 110 valence electrons. The Morgan fingerprint density at radius 2 is 2.15 bits per heavy atom. The summed E-state index contributed by atoms with van der Waals surface area (Å²) >= 11 is 6.15. The van der Waals surface area contributed by atoms with Crippen LogP contribution in [0.15, 0.2) is 6.07 Å².